The number of rotatable bonds is 4. The Balaban J connectivity index is 1.86. The summed E-state index contributed by atoms with van der Waals surface area (Å²) in [5.41, 5.74) is 3.13. The highest BCUT2D eigenvalue weighted by Gasteiger charge is 2.63. The molecule has 1 aromatic heterocycles. The van der Waals surface area contributed by atoms with Gasteiger partial charge in [-0.3, -0.25) is 0 Å². The van der Waals surface area contributed by atoms with Crippen LogP contribution in [0.5, 0.6) is 0 Å². The quantitative estimate of drug-likeness (QED) is 0.873. The van der Waals surface area contributed by atoms with Crippen molar-refractivity contribution in [3.63, 3.8) is 0 Å². The van der Waals surface area contributed by atoms with Crippen LogP contribution in [0.25, 0.3) is 0 Å². The number of aryl methyl sites for hydroxylation is 2. The molecule has 0 aromatic carbocycles. The Morgan fingerprint density at radius 3 is 2.18 bits per heavy atom. The third kappa shape index (κ3) is 1.90. The van der Waals surface area contributed by atoms with Gasteiger partial charge >= 0.3 is 0 Å². The number of hydrogen-bond acceptors (Lipinski definition) is 3. The minimum atomic E-state index is 0.457. The van der Waals surface area contributed by atoms with E-state index in [1.165, 1.54) is 5.56 Å². The molecular weight excluding hydrogens is 212 g/mol. The van der Waals surface area contributed by atoms with Gasteiger partial charge in [0, 0.05) is 12.1 Å². The topological polar surface area (TPSA) is 38.1 Å². The summed E-state index contributed by atoms with van der Waals surface area (Å²) in [6.07, 6.45) is 0. The molecule has 96 valence electrons. The molecule has 3 nitrogen and oxygen atoms in total. The molecule has 0 amide bonds. The van der Waals surface area contributed by atoms with Gasteiger partial charge in [-0.1, -0.05) is 32.9 Å². The molecule has 1 saturated carbocycles. The number of aromatic nitrogens is 1. The molecule has 0 spiro atoms. The molecule has 17 heavy (non-hydrogen) atoms. The van der Waals surface area contributed by atoms with Crippen molar-refractivity contribution in [2.75, 3.05) is 6.54 Å². The Kier molecular flexibility index (Phi) is 2.85. The Morgan fingerprint density at radius 1 is 1.18 bits per heavy atom. The van der Waals surface area contributed by atoms with Crippen LogP contribution in [0, 0.1) is 30.6 Å². The number of nitrogens with zero attached hydrogens (tertiary/aromatic N) is 1. The highest BCUT2D eigenvalue weighted by atomic mass is 16.5. The Labute approximate surface area is 104 Å². The normalized spacial score (nSPS) is 21.8. The predicted octanol–water partition coefficient (Wildman–Crippen LogP) is 3.06. The third-order valence-corrected chi connectivity index (χ3v) is 5.15. The van der Waals surface area contributed by atoms with E-state index < -0.39 is 0 Å². The lowest BCUT2D eigenvalue weighted by Gasteiger charge is -2.05. The first-order valence-corrected chi connectivity index (χ1v) is 6.41. The first-order chi connectivity index (χ1) is 7.78. The summed E-state index contributed by atoms with van der Waals surface area (Å²) in [7, 11) is 0. The molecule has 0 radical (unpaired) electrons. The molecule has 0 atom stereocenters. The molecule has 0 unspecified atom stereocenters. The summed E-state index contributed by atoms with van der Waals surface area (Å²) in [5.74, 6) is 1.69. The fraction of sp³-hybridized carbons (Fsp3) is 0.786. The standard InChI is InChI=1S/C14H24N2O/c1-9-11(10(2)17-16-9)7-15-8-12-13(3,4)14(12,5)6/h12,15H,7-8H2,1-6H3. The van der Waals surface area contributed by atoms with Gasteiger partial charge in [0.2, 0.25) is 0 Å². The number of nitrogens with one attached hydrogen (secondary N) is 1. The maximum atomic E-state index is 5.16. The Hall–Kier alpha value is -0.830. The van der Waals surface area contributed by atoms with Gasteiger partial charge < -0.3 is 9.84 Å². The molecule has 1 aliphatic rings. The minimum Gasteiger partial charge on any atom is -0.361 e. The van der Waals surface area contributed by atoms with Crippen molar-refractivity contribution in [1.29, 1.82) is 0 Å². The van der Waals surface area contributed by atoms with Crippen molar-refractivity contribution < 1.29 is 4.52 Å². The average Bonchev–Trinajstić information content (AvgIpc) is 2.51. The fourth-order valence-corrected chi connectivity index (χ4v) is 2.94. The predicted molar refractivity (Wildman–Crippen MR) is 68.7 cm³/mol. The zero-order valence-corrected chi connectivity index (χ0v) is 11.8. The van der Waals surface area contributed by atoms with E-state index in [4.69, 9.17) is 4.52 Å². The summed E-state index contributed by atoms with van der Waals surface area (Å²) >= 11 is 0. The number of hydrogen-bond donors (Lipinski definition) is 1. The molecule has 3 heteroatoms. The molecule has 1 N–H and O–H groups in total. The lowest BCUT2D eigenvalue weighted by molar-refractivity contribution is 0.391. The van der Waals surface area contributed by atoms with E-state index in [9.17, 15) is 0 Å². The van der Waals surface area contributed by atoms with Crippen LogP contribution in [0.1, 0.15) is 44.7 Å². The lowest BCUT2D eigenvalue weighted by Crippen LogP contribution is -2.19. The molecule has 0 aliphatic heterocycles. The van der Waals surface area contributed by atoms with Crippen LogP contribution < -0.4 is 5.32 Å². The van der Waals surface area contributed by atoms with Gasteiger partial charge in [0.1, 0.15) is 5.76 Å². The van der Waals surface area contributed by atoms with Gasteiger partial charge in [0.15, 0.2) is 0 Å². The van der Waals surface area contributed by atoms with Crippen LogP contribution in [0.2, 0.25) is 0 Å². The second kappa shape index (κ2) is 3.84. The van der Waals surface area contributed by atoms with E-state index in [2.05, 4.69) is 38.2 Å². The van der Waals surface area contributed by atoms with E-state index >= 15 is 0 Å². The van der Waals surface area contributed by atoms with Crippen molar-refractivity contribution in [3.05, 3.63) is 17.0 Å². The first-order valence-electron chi connectivity index (χ1n) is 6.41. The second-order valence-corrected chi connectivity index (χ2v) is 6.43. The Morgan fingerprint density at radius 2 is 1.76 bits per heavy atom. The van der Waals surface area contributed by atoms with E-state index in [1.54, 1.807) is 0 Å². The molecular formula is C14H24N2O. The van der Waals surface area contributed by atoms with Crippen LogP contribution in [0.3, 0.4) is 0 Å². The summed E-state index contributed by atoms with van der Waals surface area (Å²) < 4.78 is 5.16. The SMILES string of the molecule is Cc1noc(C)c1CNCC1C(C)(C)C1(C)C. The van der Waals surface area contributed by atoms with Crippen LogP contribution >= 0.6 is 0 Å². The van der Waals surface area contributed by atoms with Crippen molar-refractivity contribution in [1.82, 2.24) is 10.5 Å². The highest BCUT2D eigenvalue weighted by molar-refractivity contribution is 5.20. The van der Waals surface area contributed by atoms with Crippen LogP contribution in [0.4, 0.5) is 0 Å². The van der Waals surface area contributed by atoms with E-state index in [0.29, 0.717) is 10.8 Å². The summed E-state index contributed by atoms with van der Waals surface area (Å²) in [5, 5.41) is 7.51. The van der Waals surface area contributed by atoms with Gasteiger partial charge in [0.25, 0.3) is 0 Å². The van der Waals surface area contributed by atoms with E-state index in [1.807, 2.05) is 13.8 Å². The van der Waals surface area contributed by atoms with Gasteiger partial charge in [-0.05, 0) is 37.1 Å². The summed E-state index contributed by atoms with van der Waals surface area (Å²) in [6.45, 7) is 15.3. The first kappa shape index (κ1) is 12.6. The molecule has 1 aliphatic carbocycles. The minimum absolute atomic E-state index is 0.457. The largest absolute Gasteiger partial charge is 0.361 e. The molecule has 0 saturated heterocycles. The van der Waals surface area contributed by atoms with Crippen molar-refractivity contribution in [2.45, 2.75) is 48.1 Å². The zero-order chi connectivity index (χ0) is 12.8. The molecule has 0 bridgehead atoms. The van der Waals surface area contributed by atoms with E-state index in [0.717, 1.165) is 30.5 Å². The fourth-order valence-electron chi connectivity index (χ4n) is 2.94. The van der Waals surface area contributed by atoms with Crippen molar-refractivity contribution in [3.8, 4) is 0 Å². The van der Waals surface area contributed by atoms with E-state index in [-0.39, 0.29) is 0 Å². The summed E-state index contributed by atoms with van der Waals surface area (Å²) in [6, 6.07) is 0. The summed E-state index contributed by atoms with van der Waals surface area (Å²) in [4.78, 5) is 0. The average molecular weight is 236 g/mol. The van der Waals surface area contributed by atoms with Crippen LogP contribution in [0.15, 0.2) is 4.52 Å². The van der Waals surface area contributed by atoms with Gasteiger partial charge in [-0.15, -0.1) is 0 Å². The third-order valence-electron chi connectivity index (χ3n) is 5.15. The second-order valence-electron chi connectivity index (χ2n) is 6.43. The Bertz CT molecular complexity index is 384. The van der Waals surface area contributed by atoms with Gasteiger partial charge in [-0.2, -0.15) is 0 Å². The lowest BCUT2D eigenvalue weighted by atomic mass is 10.0. The zero-order valence-electron chi connectivity index (χ0n) is 11.8. The molecule has 1 fully saturated rings. The van der Waals surface area contributed by atoms with Crippen molar-refractivity contribution >= 4 is 0 Å². The van der Waals surface area contributed by atoms with Crippen molar-refractivity contribution in [2.24, 2.45) is 16.7 Å². The van der Waals surface area contributed by atoms with Crippen LogP contribution in [-0.4, -0.2) is 11.7 Å². The smallest absolute Gasteiger partial charge is 0.138 e. The molecule has 2 rings (SSSR count). The molecule has 1 aromatic rings. The monoisotopic (exact) mass is 236 g/mol. The van der Waals surface area contributed by atoms with Crippen LogP contribution in [-0.2, 0) is 6.54 Å². The van der Waals surface area contributed by atoms with Gasteiger partial charge in [-0.25, -0.2) is 0 Å². The molecule has 1 heterocycles. The maximum absolute atomic E-state index is 5.16. The maximum Gasteiger partial charge on any atom is 0.138 e. The van der Waals surface area contributed by atoms with Gasteiger partial charge in [0.05, 0.1) is 5.69 Å². The highest BCUT2D eigenvalue weighted by Crippen LogP contribution is 2.67.